The number of carbonyl (C=O) groups excluding carboxylic acids is 1. The van der Waals surface area contributed by atoms with E-state index in [1.165, 1.54) is 6.42 Å². The second kappa shape index (κ2) is 7.89. The van der Waals surface area contributed by atoms with Crippen LogP contribution in [0.3, 0.4) is 0 Å². The summed E-state index contributed by atoms with van der Waals surface area (Å²) >= 11 is 0. The van der Waals surface area contributed by atoms with E-state index in [9.17, 15) is 4.79 Å². The fourth-order valence-corrected chi connectivity index (χ4v) is 5.22. The van der Waals surface area contributed by atoms with E-state index in [0.717, 1.165) is 64.9 Å². The second-order valence-corrected chi connectivity index (χ2v) is 9.09. The van der Waals surface area contributed by atoms with Gasteiger partial charge in [0.1, 0.15) is 11.7 Å². The van der Waals surface area contributed by atoms with E-state index in [4.69, 9.17) is 16.1 Å². The van der Waals surface area contributed by atoms with Crippen molar-refractivity contribution in [2.75, 3.05) is 0 Å². The molecule has 1 aliphatic heterocycles. The number of hydrazone groups is 1. The molecule has 7 heteroatoms. The molecule has 0 saturated heterocycles. The predicted molar refractivity (Wildman–Crippen MR) is 126 cm³/mol. The number of nitrogens with zero attached hydrogens (tertiary/aromatic N) is 3. The molecule has 1 saturated carbocycles. The summed E-state index contributed by atoms with van der Waals surface area (Å²) in [4.78, 5) is 17.1. The van der Waals surface area contributed by atoms with Crippen molar-refractivity contribution in [1.29, 1.82) is 5.41 Å². The van der Waals surface area contributed by atoms with Gasteiger partial charge in [-0.05, 0) is 30.5 Å². The van der Waals surface area contributed by atoms with Crippen molar-refractivity contribution in [3.05, 3.63) is 65.0 Å². The van der Waals surface area contributed by atoms with Crippen LogP contribution in [0.1, 0.15) is 61.0 Å². The number of amides is 1. The van der Waals surface area contributed by atoms with Crippen molar-refractivity contribution in [2.45, 2.75) is 44.9 Å². The van der Waals surface area contributed by atoms with Gasteiger partial charge in [-0.1, -0.05) is 49.6 Å². The molecule has 2 aliphatic rings. The maximum Gasteiger partial charge on any atom is 0.241 e. The molecule has 1 spiro atoms. The molecule has 3 aromatic rings. The third kappa shape index (κ3) is 3.57. The SMILES string of the molecule is Cn1c(Cc2ccc(C(=N)N)cc2)nc2cc(C3=NNC(=O)CC34CCCCC4)ccc21. The van der Waals surface area contributed by atoms with Gasteiger partial charge in [0.05, 0.1) is 16.7 Å². The minimum absolute atomic E-state index is 0.0210. The molecular weight excluding hydrogens is 400 g/mol. The first-order valence-corrected chi connectivity index (χ1v) is 11.2. The largest absolute Gasteiger partial charge is 0.384 e. The molecule has 0 atom stereocenters. The van der Waals surface area contributed by atoms with Gasteiger partial charge in [-0.2, -0.15) is 5.10 Å². The van der Waals surface area contributed by atoms with Crippen LogP contribution in [-0.2, 0) is 18.3 Å². The zero-order chi connectivity index (χ0) is 22.3. The minimum atomic E-state index is -0.148. The first kappa shape index (κ1) is 20.4. The normalized spacial score (nSPS) is 17.9. The molecule has 2 heterocycles. The first-order valence-electron chi connectivity index (χ1n) is 11.2. The molecule has 0 unspecified atom stereocenters. The van der Waals surface area contributed by atoms with Crippen LogP contribution in [0.15, 0.2) is 47.6 Å². The Labute approximate surface area is 187 Å². The number of hydrogen-bond donors (Lipinski definition) is 3. The van der Waals surface area contributed by atoms with Crippen molar-refractivity contribution in [3.8, 4) is 0 Å². The number of aromatic nitrogens is 2. The Balaban J connectivity index is 1.48. The molecule has 0 bridgehead atoms. The molecular formula is C25H28N6O. The summed E-state index contributed by atoms with van der Waals surface area (Å²) in [5.74, 6) is 1.07. The molecule has 5 rings (SSSR count). The summed E-state index contributed by atoms with van der Waals surface area (Å²) in [7, 11) is 2.04. The lowest BCUT2D eigenvalue weighted by atomic mass is 9.66. The van der Waals surface area contributed by atoms with Gasteiger partial charge in [-0.3, -0.25) is 10.2 Å². The number of benzene rings is 2. The van der Waals surface area contributed by atoms with Crippen LogP contribution in [0.25, 0.3) is 11.0 Å². The quantitative estimate of drug-likeness (QED) is 0.436. The number of carbonyl (C=O) groups is 1. The number of amidine groups is 1. The molecule has 1 aromatic heterocycles. The smallest absolute Gasteiger partial charge is 0.241 e. The minimum Gasteiger partial charge on any atom is -0.384 e. The Bertz CT molecular complexity index is 1230. The Morgan fingerprint density at radius 3 is 2.62 bits per heavy atom. The summed E-state index contributed by atoms with van der Waals surface area (Å²) in [5.41, 5.74) is 14.0. The van der Waals surface area contributed by atoms with Crippen LogP contribution in [0.4, 0.5) is 0 Å². The molecule has 1 amide bonds. The number of aryl methyl sites for hydroxylation is 1. The highest BCUT2D eigenvalue weighted by atomic mass is 16.2. The Morgan fingerprint density at radius 2 is 1.91 bits per heavy atom. The van der Waals surface area contributed by atoms with Crippen LogP contribution < -0.4 is 11.2 Å². The molecule has 1 aliphatic carbocycles. The van der Waals surface area contributed by atoms with Crippen molar-refractivity contribution >= 4 is 28.5 Å². The van der Waals surface area contributed by atoms with Gasteiger partial charge >= 0.3 is 0 Å². The van der Waals surface area contributed by atoms with E-state index >= 15 is 0 Å². The van der Waals surface area contributed by atoms with E-state index < -0.39 is 0 Å². The Hall–Kier alpha value is -3.48. The van der Waals surface area contributed by atoms with E-state index in [1.807, 2.05) is 31.3 Å². The second-order valence-electron chi connectivity index (χ2n) is 9.09. The predicted octanol–water partition coefficient (Wildman–Crippen LogP) is 3.62. The number of nitrogen functional groups attached to an aromatic ring is 1. The lowest BCUT2D eigenvalue weighted by molar-refractivity contribution is -0.123. The monoisotopic (exact) mass is 428 g/mol. The van der Waals surface area contributed by atoms with Gasteiger partial charge in [0.25, 0.3) is 0 Å². The highest BCUT2D eigenvalue weighted by molar-refractivity contribution is 6.09. The van der Waals surface area contributed by atoms with Gasteiger partial charge < -0.3 is 10.3 Å². The summed E-state index contributed by atoms with van der Waals surface area (Å²) in [6.07, 6.45) is 6.76. The van der Waals surface area contributed by atoms with E-state index in [1.54, 1.807) is 0 Å². The Morgan fingerprint density at radius 1 is 1.16 bits per heavy atom. The van der Waals surface area contributed by atoms with Gasteiger partial charge in [0.15, 0.2) is 0 Å². The Kier molecular flexibility index (Phi) is 5.04. The number of fused-ring (bicyclic) bond motifs is 1. The summed E-state index contributed by atoms with van der Waals surface area (Å²) in [5, 5.41) is 12.1. The number of nitrogens with two attached hydrogens (primary N) is 1. The van der Waals surface area contributed by atoms with Gasteiger partial charge in [-0.15, -0.1) is 0 Å². The van der Waals surface area contributed by atoms with Crippen molar-refractivity contribution in [3.63, 3.8) is 0 Å². The van der Waals surface area contributed by atoms with Gasteiger partial charge in [0.2, 0.25) is 5.91 Å². The number of hydrogen-bond acceptors (Lipinski definition) is 4. The van der Waals surface area contributed by atoms with Crippen LogP contribution in [-0.4, -0.2) is 27.0 Å². The highest BCUT2D eigenvalue weighted by Gasteiger charge is 2.42. The van der Waals surface area contributed by atoms with Crippen molar-refractivity contribution < 1.29 is 4.79 Å². The number of imidazole rings is 1. The van der Waals surface area contributed by atoms with Crippen LogP contribution in [0.2, 0.25) is 0 Å². The topological polar surface area (TPSA) is 109 Å². The number of rotatable bonds is 4. The van der Waals surface area contributed by atoms with E-state index in [2.05, 4.69) is 33.3 Å². The first-order chi connectivity index (χ1) is 15.4. The fourth-order valence-electron chi connectivity index (χ4n) is 5.22. The third-order valence-electron chi connectivity index (χ3n) is 6.98. The zero-order valence-electron chi connectivity index (χ0n) is 18.3. The van der Waals surface area contributed by atoms with Crippen LogP contribution in [0.5, 0.6) is 0 Å². The molecule has 164 valence electrons. The lowest BCUT2D eigenvalue weighted by Gasteiger charge is -2.40. The van der Waals surface area contributed by atoms with E-state index in [0.29, 0.717) is 12.8 Å². The zero-order valence-corrected chi connectivity index (χ0v) is 18.3. The van der Waals surface area contributed by atoms with Gasteiger partial charge in [0, 0.05) is 36.4 Å². The molecule has 2 aromatic carbocycles. The van der Waals surface area contributed by atoms with E-state index in [-0.39, 0.29) is 17.2 Å². The summed E-state index contributed by atoms with van der Waals surface area (Å²) in [6.45, 7) is 0. The molecule has 4 N–H and O–H groups in total. The molecule has 32 heavy (non-hydrogen) atoms. The maximum absolute atomic E-state index is 12.2. The standard InChI is InChI=1S/C25H28N6O/c1-31-20-10-9-18(23-25(11-3-2-4-12-25)15-22(32)29-30-23)14-19(20)28-21(31)13-16-5-7-17(8-6-16)24(26)27/h5-10,14H,2-4,11-13,15H2,1H3,(H3,26,27)(H,29,32). The van der Waals surface area contributed by atoms with Crippen molar-refractivity contribution in [2.24, 2.45) is 23.3 Å². The van der Waals surface area contributed by atoms with Crippen LogP contribution >= 0.6 is 0 Å². The summed E-state index contributed by atoms with van der Waals surface area (Å²) in [6, 6.07) is 14.1. The van der Waals surface area contributed by atoms with Crippen LogP contribution in [0, 0.1) is 10.8 Å². The average molecular weight is 429 g/mol. The average Bonchev–Trinajstić information content (AvgIpc) is 3.09. The molecule has 0 radical (unpaired) electrons. The summed E-state index contributed by atoms with van der Waals surface area (Å²) < 4.78 is 2.12. The highest BCUT2D eigenvalue weighted by Crippen LogP contribution is 2.44. The van der Waals surface area contributed by atoms with Crippen molar-refractivity contribution in [1.82, 2.24) is 15.0 Å². The molecule has 1 fully saturated rings. The lowest BCUT2D eigenvalue weighted by Crippen LogP contribution is -2.44. The van der Waals surface area contributed by atoms with Gasteiger partial charge in [-0.25, -0.2) is 10.4 Å². The number of nitrogens with one attached hydrogen (secondary N) is 2. The third-order valence-corrected chi connectivity index (χ3v) is 6.98. The fraction of sp³-hybridized carbons (Fsp3) is 0.360. The molecule has 7 nitrogen and oxygen atoms in total. The maximum atomic E-state index is 12.2.